The number of aromatic amines is 1. The third-order valence-electron chi connectivity index (χ3n) is 4.93. The second-order valence-corrected chi connectivity index (χ2v) is 6.88. The van der Waals surface area contributed by atoms with Crippen LogP contribution >= 0.6 is 0 Å². The molecule has 0 saturated heterocycles. The van der Waals surface area contributed by atoms with Gasteiger partial charge in [0.05, 0.1) is 30.7 Å². The number of fused-ring (bicyclic) bond motifs is 2. The molecule has 0 fully saturated rings. The minimum atomic E-state index is -0.216. The van der Waals surface area contributed by atoms with E-state index in [9.17, 15) is 4.79 Å². The number of rotatable bonds is 4. The number of aromatic nitrogens is 5. The Morgan fingerprint density at radius 1 is 1.40 bits per heavy atom. The Morgan fingerprint density at radius 2 is 2.23 bits per heavy atom. The van der Waals surface area contributed by atoms with E-state index < -0.39 is 0 Å². The van der Waals surface area contributed by atoms with Crippen LogP contribution in [-0.2, 0) is 0 Å². The smallest absolute Gasteiger partial charge is 0.289 e. The van der Waals surface area contributed by atoms with E-state index in [-0.39, 0.29) is 17.8 Å². The lowest BCUT2D eigenvalue weighted by Gasteiger charge is -2.22. The number of benzene rings is 1. The number of carbonyl (C=O) groups excluding carboxylic acids is 1. The molecule has 0 unspecified atom stereocenters. The molecule has 1 amide bonds. The molecule has 4 rings (SSSR count). The van der Waals surface area contributed by atoms with Crippen molar-refractivity contribution in [1.82, 2.24) is 29.5 Å². The third-order valence-corrected chi connectivity index (χ3v) is 4.93. The number of imidazole rings is 2. The molecule has 0 aliphatic carbocycles. The number of amides is 1. The van der Waals surface area contributed by atoms with Gasteiger partial charge in [0.1, 0.15) is 17.0 Å². The van der Waals surface area contributed by atoms with Crippen LogP contribution in [-0.4, -0.2) is 55.6 Å². The van der Waals surface area contributed by atoms with E-state index in [0.29, 0.717) is 34.7 Å². The maximum atomic E-state index is 12.9. The molecule has 4 aromatic rings. The second kappa shape index (κ2) is 7.75. The lowest BCUT2D eigenvalue weighted by molar-refractivity contribution is 0.0735. The number of ether oxygens (including phenoxy) is 1. The monoisotopic (exact) mass is 403 g/mol. The zero-order chi connectivity index (χ0) is 21.3. The number of anilines is 1. The van der Waals surface area contributed by atoms with Crippen LogP contribution in [0.4, 0.5) is 5.69 Å². The van der Waals surface area contributed by atoms with Crippen molar-refractivity contribution in [3.05, 3.63) is 48.2 Å². The number of nitrogen functional groups attached to an aromatic ring is 1. The maximum Gasteiger partial charge on any atom is 0.289 e. The molecule has 3 heterocycles. The number of methoxy groups -OCH3 is 1. The quantitative estimate of drug-likeness (QED) is 0.504. The first-order valence-corrected chi connectivity index (χ1v) is 9.36. The molecule has 9 nitrogen and oxygen atoms in total. The number of hydrogen-bond acceptors (Lipinski definition) is 6. The first-order valence-electron chi connectivity index (χ1n) is 9.36. The standard InChI is InChI=1S/C21H21N7O2/c1-13(6-4-7-14-12-23-20-15(22)10-11-24-28(14)20)27(2)21(29)19-25-16-8-5-9-17(30-3)18(16)26-19/h5,8-13H,6,22H2,1-3H3,(H,25,26)/t13-/m0/s1. The lowest BCUT2D eigenvalue weighted by Crippen LogP contribution is -2.35. The number of hydrogen-bond donors (Lipinski definition) is 2. The SMILES string of the molecule is COc1cccc2[nH]c(C(=O)N(C)[C@@H](C)CC#Cc3cnc4c(N)ccnn34)nc12. The van der Waals surface area contributed by atoms with E-state index in [1.807, 2.05) is 25.1 Å². The van der Waals surface area contributed by atoms with Gasteiger partial charge in [0, 0.05) is 19.5 Å². The van der Waals surface area contributed by atoms with Crippen LogP contribution in [0.5, 0.6) is 5.75 Å². The molecule has 1 aromatic carbocycles. The largest absolute Gasteiger partial charge is 0.494 e. The summed E-state index contributed by atoms with van der Waals surface area (Å²) >= 11 is 0. The number of nitrogens with two attached hydrogens (primary N) is 1. The Labute approximate surface area is 172 Å². The highest BCUT2D eigenvalue weighted by atomic mass is 16.5. The summed E-state index contributed by atoms with van der Waals surface area (Å²) in [5, 5.41) is 4.22. The summed E-state index contributed by atoms with van der Waals surface area (Å²) in [6.07, 6.45) is 3.71. The van der Waals surface area contributed by atoms with Gasteiger partial charge in [0.2, 0.25) is 0 Å². The summed E-state index contributed by atoms with van der Waals surface area (Å²) in [5.41, 5.74) is 9.02. The topological polar surface area (TPSA) is 114 Å². The molecular weight excluding hydrogens is 382 g/mol. The Hall–Kier alpha value is -4.06. The molecular formula is C21H21N7O2. The number of H-pyrrole nitrogens is 1. The highest BCUT2D eigenvalue weighted by Crippen LogP contribution is 2.23. The predicted octanol–water partition coefficient (Wildman–Crippen LogP) is 2.10. The number of para-hydroxylation sites is 1. The summed E-state index contributed by atoms with van der Waals surface area (Å²) < 4.78 is 6.91. The molecule has 0 radical (unpaired) electrons. The summed E-state index contributed by atoms with van der Waals surface area (Å²) in [4.78, 5) is 26.2. The molecule has 0 aliphatic heterocycles. The average Bonchev–Trinajstić information content (AvgIpc) is 3.37. The molecule has 0 bridgehead atoms. The van der Waals surface area contributed by atoms with Crippen molar-refractivity contribution < 1.29 is 9.53 Å². The van der Waals surface area contributed by atoms with Gasteiger partial charge in [0.15, 0.2) is 11.5 Å². The van der Waals surface area contributed by atoms with Crippen LogP contribution in [0.1, 0.15) is 29.7 Å². The highest BCUT2D eigenvalue weighted by molar-refractivity contribution is 5.95. The fourth-order valence-corrected chi connectivity index (χ4v) is 3.06. The molecule has 9 heteroatoms. The van der Waals surface area contributed by atoms with Crippen molar-refractivity contribution in [3.63, 3.8) is 0 Å². The normalized spacial score (nSPS) is 11.8. The van der Waals surface area contributed by atoms with Gasteiger partial charge >= 0.3 is 0 Å². The zero-order valence-corrected chi connectivity index (χ0v) is 16.9. The molecule has 0 aliphatic rings. The van der Waals surface area contributed by atoms with E-state index >= 15 is 0 Å². The van der Waals surface area contributed by atoms with Gasteiger partial charge in [-0.2, -0.15) is 5.10 Å². The van der Waals surface area contributed by atoms with Crippen molar-refractivity contribution in [2.24, 2.45) is 0 Å². The van der Waals surface area contributed by atoms with Crippen LogP contribution in [0.15, 0.2) is 36.7 Å². The summed E-state index contributed by atoms with van der Waals surface area (Å²) in [7, 11) is 3.31. The van der Waals surface area contributed by atoms with Crippen LogP contribution in [0.3, 0.4) is 0 Å². The minimum Gasteiger partial charge on any atom is -0.494 e. The van der Waals surface area contributed by atoms with Gasteiger partial charge in [-0.05, 0) is 31.0 Å². The molecule has 3 aromatic heterocycles. The van der Waals surface area contributed by atoms with E-state index in [1.165, 1.54) is 0 Å². The predicted molar refractivity (Wildman–Crippen MR) is 113 cm³/mol. The van der Waals surface area contributed by atoms with Crippen molar-refractivity contribution >= 4 is 28.3 Å². The fraction of sp³-hybridized carbons (Fsp3) is 0.238. The minimum absolute atomic E-state index is 0.127. The first kappa shape index (κ1) is 19.3. The van der Waals surface area contributed by atoms with Crippen molar-refractivity contribution in [3.8, 4) is 17.6 Å². The second-order valence-electron chi connectivity index (χ2n) is 6.88. The third kappa shape index (κ3) is 3.39. The molecule has 30 heavy (non-hydrogen) atoms. The molecule has 0 spiro atoms. The van der Waals surface area contributed by atoms with Crippen molar-refractivity contribution in [2.75, 3.05) is 19.9 Å². The van der Waals surface area contributed by atoms with Gasteiger partial charge in [-0.1, -0.05) is 12.0 Å². The summed E-state index contributed by atoms with van der Waals surface area (Å²) in [6.45, 7) is 1.93. The van der Waals surface area contributed by atoms with Gasteiger partial charge in [-0.15, -0.1) is 0 Å². The average molecular weight is 403 g/mol. The van der Waals surface area contributed by atoms with E-state index in [1.54, 1.807) is 42.0 Å². The number of nitrogens with one attached hydrogen (secondary N) is 1. The zero-order valence-electron chi connectivity index (χ0n) is 16.9. The van der Waals surface area contributed by atoms with E-state index in [4.69, 9.17) is 10.5 Å². The van der Waals surface area contributed by atoms with E-state index in [2.05, 4.69) is 31.9 Å². The van der Waals surface area contributed by atoms with Gasteiger partial charge in [-0.3, -0.25) is 4.79 Å². The Morgan fingerprint density at radius 3 is 3.03 bits per heavy atom. The van der Waals surface area contributed by atoms with Crippen molar-refractivity contribution in [1.29, 1.82) is 0 Å². The summed E-state index contributed by atoms with van der Waals surface area (Å²) in [5.74, 6) is 6.81. The molecule has 1 atom stereocenters. The Kier molecular flexibility index (Phi) is 4.98. The van der Waals surface area contributed by atoms with Gasteiger partial charge < -0.3 is 20.4 Å². The van der Waals surface area contributed by atoms with Crippen LogP contribution in [0.25, 0.3) is 16.7 Å². The van der Waals surface area contributed by atoms with Crippen LogP contribution in [0.2, 0.25) is 0 Å². The Balaban J connectivity index is 1.49. The van der Waals surface area contributed by atoms with Gasteiger partial charge in [0.25, 0.3) is 5.91 Å². The molecule has 0 saturated carbocycles. The van der Waals surface area contributed by atoms with Crippen molar-refractivity contribution in [2.45, 2.75) is 19.4 Å². The van der Waals surface area contributed by atoms with Gasteiger partial charge in [-0.25, -0.2) is 14.5 Å². The van der Waals surface area contributed by atoms with Crippen LogP contribution < -0.4 is 10.5 Å². The summed E-state index contributed by atoms with van der Waals surface area (Å²) in [6, 6.07) is 7.07. The highest BCUT2D eigenvalue weighted by Gasteiger charge is 2.21. The van der Waals surface area contributed by atoms with E-state index in [0.717, 1.165) is 5.52 Å². The molecule has 3 N–H and O–H groups in total. The Bertz CT molecular complexity index is 1300. The molecule has 152 valence electrons. The van der Waals surface area contributed by atoms with Crippen LogP contribution in [0, 0.1) is 11.8 Å². The number of carbonyl (C=O) groups is 1. The maximum absolute atomic E-state index is 12.9. The first-order chi connectivity index (χ1) is 14.5. The fourth-order valence-electron chi connectivity index (χ4n) is 3.06. The lowest BCUT2D eigenvalue weighted by atomic mass is 10.2. The number of nitrogens with zero attached hydrogens (tertiary/aromatic N) is 5.